The van der Waals surface area contributed by atoms with Crippen LogP contribution in [0.4, 0.5) is 0 Å². The number of rotatable bonds is 1. The molecule has 1 aliphatic rings. The lowest BCUT2D eigenvalue weighted by molar-refractivity contribution is 0.528. The maximum atomic E-state index is 5.98. The maximum absolute atomic E-state index is 5.98. The highest BCUT2D eigenvalue weighted by Gasteiger charge is 2.22. The van der Waals surface area contributed by atoms with Crippen LogP contribution in [0.5, 0.6) is 0 Å². The Labute approximate surface area is 93.5 Å². The number of nitrogens with zero attached hydrogens (tertiary/aromatic N) is 2. The number of hydrogen-bond acceptors (Lipinski definition) is 1. The molecule has 0 N–H and O–H groups in total. The van der Waals surface area contributed by atoms with E-state index in [9.17, 15) is 0 Å². The Bertz CT molecular complexity index is 476. The van der Waals surface area contributed by atoms with Crippen LogP contribution in [-0.2, 0) is 12.8 Å². The van der Waals surface area contributed by atoms with Crippen molar-refractivity contribution < 1.29 is 0 Å². The van der Waals surface area contributed by atoms with E-state index in [4.69, 9.17) is 11.6 Å². The van der Waals surface area contributed by atoms with Crippen LogP contribution in [0.1, 0.15) is 17.2 Å². The lowest BCUT2D eigenvalue weighted by Gasteiger charge is -2.09. The summed E-state index contributed by atoms with van der Waals surface area (Å²) in [6.07, 6.45) is 7.89. The highest BCUT2D eigenvalue weighted by atomic mass is 35.5. The van der Waals surface area contributed by atoms with Gasteiger partial charge >= 0.3 is 0 Å². The van der Waals surface area contributed by atoms with Gasteiger partial charge in [0.25, 0.3) is 0 Å². The van der Waals surface area contributed by atoms with Gasteiger partial charge in [-0.3, -0.25) is 0 Å². The van der Waals surface area contributed by atoms with Crippen molar-refractivity contribution in [1.29, 1.82) is 0 Å². The minimum absolute atomic E-state index is 0.515. The second-order valence-corrected chi connectivity index (χ2v) is 4.42. The molecule has 1 atom stereocenters. The first kappa shape index (κ1) is 8.98. The van der Waals surface area contributed by atoms with E-state index in [1.54, 1.807) is 0 Å². The summed E-state index contributed by atoms with van der Waals surface area (Å²) in [5.74, 6) is 0. The van der Waals surface area contributed by atoms with Gasteiger partial charge in [0.1, 0.15) is 0 Å². The Morgan fingerprint density at radius 2 is 2.13 bits per heavy atom. The van der Waals surface area contributed by atoms with E-state index in [1.165, 1.54) is 11.1 Å². The number of aromatic nitrogens is 2. The molecule has 0 aliphatic heterocycles. The van der Waals surface area contributed by atoms with E-state index in [2.05, 4.69) is 21.7 Å². The summed E-state index contributed by atoms with van der Waals surface area (Å²) in [4.78, 5) is 4.08. The van der Waals surface area contributed by atoms with Gasteiger partial charge in [-0.05, 0) is 36.1 Å². The number of benzene rings is 1. The minimum atomic E-state index is 0.515. The topological polar surface area (TPSA) is 17.8 Å². The first-order valence-corrected chi connectivity index (χ1v) is 5.45. The van der Waals surface area contributed by atoms with Gasteiger partial charge in [-0.15, -0.1) is 0 Å². The van der Waals surface area contributed by atoms with E-state index >= 15 is 0 Å². The summed E-state index contributed by atoms with van der Waals surface area (Å²) in [6.45, 7) is 0. The van der Waals surface area contributed by atoms with E-state index in [-0.39, 0.29) is 0 Å². The normalized spacial score (nSPS) is 19.1. The van der Waals surface area contributed by atoms with Crippen LogP contribution < -0.4 is 0 Å². The second kappa shape index (κ2) is 3.38. The van der Waals surface area contributed by atoms with Crippen LogP contribution in [0.15, 0.2) is 36.9 Å². The largest absolute Gasteiger partial charge is 0.334 e. The van der Waals surface area contributed by atoms with Gasteiger partial charge < -0.3 is 4.57 Å². The van der Waals surface area contributed by atoms with Crippen LogP contribution in [-0.4, -0.2) is 9.55 Å². The highest BCUT2D eigenvalue weighted by Crippen LogP contribution is 2.31. The summed E-state index contributed by atoms with van der Waals surface area (Å²) in [7, 11) is 0. The number of imidazole rings is 1. The van der Waals surface area contributed by atoms with Crippen LogP contribution in [0.25, 0.3) is 0 Å². The third kappa shape index (κ3) is 1.55. The molecule has 1 heterocycles. The molecule has 0 fully saturated rings. The van der Waals surface area contributed by atoms with Crippen molar-refractivity contribution in [2.24, 2.45) is 0 Å². The van der Waals surface area contributed by atoms with E-state index in [0.29, 0.717) is 6.04 Å². The van der Waals surface area contributed by atoms with Crippen LogP contribution >= 0.6 is 11.6 Å². The molecule has 15 heavy (non-hydrogen) atoms. The molecule has 3 rings (SSSR count). The summed E-state index contributed by atoms with van der Waals surface area (Å²) in [5, 5.41) is 0.833. The molecular formula is C12H11ClN2. The molecule has 0 spiro atoms. The zero-order valence-electron chi connectivity index (χ0n) is 8.23. The molecule has 1 aromatic carbocycles. The fourth-order valence-electron chi connectivity index (χ4n) is 2.26. The first-order chi connectivity index (χ1) is 7.33. The molecule has 76 valence electrons. The van der Waals surface area contributed by atoms with Crippen molar-refractivity contribution in [3.8, 4) is 0 Å². The predicted octanol–water partition coefficient (Wildman–Crippen LogP) is 2.88. The quantitative estimate of drug-likeness (QED) is 0.720. The van der Waals surface area contributed by atoms with Gasteiger partial charge in [0.05, 0.1) is 6.33 Å². The number of hydrogen-bond donors (Lipinski definition) is 0. The van der Waals surface area contributed by atoms with Gasteiger partial charge in [0, 0.05) is 23.5 Å². The third-order valence-corrected chi connectivity index (χ3v) is 3.26. The molecule has 0 saturated heterocycles. The van der Waals surface area contributed by atoms with Crippen molar-refractivity contribution in [2.75, 3.05) is 0 Å². The van der Waals surface area contributed by atoms with Crippen LogP contribution in [0.3, 0.4) is 0 Å². The SMILES string of the molecule is Clc1ccc2c(c1)CC(n1ccnc1)C2. The Hall–Kier alpha value is -1.28. The van der Waals surface area contributed by atoms with Crippen molar-refractivity contribution in [1.82, 2.24) is 9.55 Å². The van der Waals surface area contributed by atoms with Gasteiger partial charge in [0.2, 0.25) is 0 Å². The molecule has 0 bridgehead atoms. The lowest BCUT2D eigenvalue weighted by atomic mass is 10.1. The summed E-state index contributed by atoms with van der Waals surface area (Å²) < 4.78 is 2.17. The highest BCUT2D eigenvalue weighted by molar-refractivity contribution is 6.30. The Kier molecular flexibility index (Phi) is 2.03. The minimum Gasteiger partial charge on any atom is -0.334 e. The van der Waals surface area contributed by atoms with Crippen LogP contribution in [0, 0.1) is 0 Å². The molecule has 2 nitrogen and oxygen atoms in total. The van der Waals surface area contributed by atoms with Gasteiger partial charge in [-0.25, -0.2) is 4.98 Å². The summed E-state index contributed by atoms with van der Waals surface area (Å²) in [6, 6.07) is 6.69. The molecule has 2 aromatic rings. The van der Waals surface area contributed by atoms with Crippen molar-refractivity contribution >= 4 is 11.6 Å². The molecular weight excluding hydrogens is 208 g/mol. The van der Waals surface area contributed by atoms with Crippen molar-refractivity contribution in [3.05, 3.63) is 53.1 Å². The zero-order valence-corrected chi connectivity index (χ0v) is 8.98. The second-order valence-electron chi connectivity index (χ2n) is 3.99. The molecule has 1 aliphatic carbocycles. The summed E-state index contributed by atoms with van der Waals surface area (Å²) >= 11 is 5.98. The fourth-order valence-corrected chi connectivity index (χ4v) is 2.45. The van der Waals surface area contributed by atoms with Crippen molar-refractivity contribution in [2.45, 2.75) is 18.9 Å². The molecule has 0 radical (unpaired) electrons. The van der Waals surface area contributed by atoms with Gasteiger partial charge in [0.15, 0.2) is 0 Å². The maximum Gasteiger partial charge on any atom is 0.0948 e. The lowest BCUT2D eigenvalue weighted by Crippen LogP contribution is -2.05. The van der Waals surface area contributed by atoms with Crippen molar-refractivity contribution in [3.63, 3.8) is 0 Å². The van der Waals surface area contributed by atoms with Gasteiger partial charge in [-0.1, -0.05) is 17.7 Å². The van der Waals surface area contributed by atoms with Gasteiger partial charge in [-0.2, -0.15) is 0 Å². The Balaban J connectivity index is 1.92. The monoisotopic (exact) mass is 218 g/mol. The molecule has 1 aromatic heterocycles. The zero-order chi connectivity index (χ0) is 10.3. The van der Waals surface area contributed by atoms with E-state index in [0.717, 1.165) is 17.9 Å². The number of halogens is 1. The van der Waals surface area contributed by atoms with E-state index < -0.39 is 0 Å². The molecule has 0 amide bonds. The molecule has 1 unspecified atom stereocenters. The predicted molar refractivity (Wildman–Crippen MR) is 60.1 cm³/mol. The average molecular weight is 219 g/mol. The molecule has 3 heteroatoms. The summed E-state index contributed by atoms with van der Waals surface area (Å²) in [5.41, 5.74) is 2.79. The van der Waals surface area contributed by atoms with Crippen LogP contribution in [0.2, 0.25) is 5.02 Å². The fraction of sp³-hybridized carbons (Fsp3) is 0.250. The average Bonchev–Trinajstić information content (AvgIpc) is 2.84. The Morgan fingerprint density at radius 3 is 2.93 bits per heavy atom. The third-order valence-electron chi connectivity index (χ3n) is 3.03. The number of fused-ring (bicyclic) bond motifs is 1. The molecule has 0 saturated carbocycles. The standard InChI is InChI=1S/C12H11ClN2/c13-11-2-1-9-6-12(7-10(9)5-11)15-4-3-14-8-15/h1-5,8,12H,6-7H2. The first-order valence-electron chi connectivity index (χ1n) is 5.07. The van der Waals surface area contributed by atoms with E-state index in [1.807, 2.05) is 24.8 Å². The Morgan fingerprint density at radius 1 is 1.27 bits per heavy atom. The smallest absolute Gasteiger partial charge is 0.0948 e.